The van der Waals surface area contributed by atoms with Gasteiger partial charge in [0, 0.05) is 16.3 Å². The van der Waals surface area contributed by atoms with Crippen LogP contribution >= 0.6 is 11.3 Å². The molecule has 0 bridgehead atoms. The lowest BCUT2D eigenvalue weighted by atomic mass is 10.1. The Morgan fingerprint density at radius 2 is 1.97 bits per heavy atom. The summed E-state index contributed by atoms with van der Waals surface area (Å²) < 4.78 is 46.5. The van der Waals surface area contributed by atoms with E-state index in [2.05, 4.69) is 10.1 Å². The lowest BCUT2D eigenvalue weighted by Crippen LogP contribution is -2.16. The van der Waals surface area contributed by atoms with E-state index in [4.69, 9.17) is 4.74 Å². The Labute approximate surface area is 173 Å². The number of hydrogen-bond acceptors (Lipinski definition) is 5. The summed E-state index contributed by atoms with van der Waals surface area (Å²) in [7, 11) is 0. The van der Waals surface area contributed by atoms with Crippen molar-refractivity contribution in [2.75, 3.05) is 6.61 Å². The van der Waals surface area contributed by atoms with Gasteiger partial charge in [0.15, 0.2) is 0 Å². The fourth-order valence-corrected chi connectivity index (χ4v) is 3.95. The average molecular weight is 431 g/mol. The zero-order valence-electron chi connectivity index (χ0n) is 15.5. The number of hydrogen-bond donors (Lipinski definition) is 0. The van der Waals surface area contributed by atoms with Gasteiger partial charge in [-0.15, -0.1) is 11.3 Å². The summed E-state index contributed by atoms with van der Waals surface area (Å²) in [4.78, 5) is 15.0. The zero-order valence-corrected chi connectivity index (χ0v) is 16.4. The van der Waals surface area contributed by atoms with Crippen LogP contribution in [0.4, 0.5) is 13.2 Å². The quantitative estimate of drug-likeness (QED) is 0.381. The van der Waals surface area contributed by atoms with Crippen LogP contribution in [0, 0.1) is 0 Å². The van der Waals surface area contributed by atoms with Gasteiger partial charge in [-0.3, -0.25) is 9.48 Å². The molecule has 0 radical (unpaired) electrons. The van der Waals surface area contributed by atoms with Gasteiger partial charge in [0.25, 0.3) is 6.47 Å². The predicted molar refractivity (Wildman–Crippen MR) is 107 cm³/mol. The first-order chi connectivity index (χ1) is 14.5. The van der Waals surface area contributed by atoms with Gasteiger partial charge >= 0.3 is 6.18 Å². The Kier molecular flexibility index (Phi) is 5.54. The number of ether oxygens (including phenoxy) is 1. The van der Waals surface area contributed by atoms with Crippen molar-refractivity contribution < 1.29 is 22.7 Å². The standard InChI is InChI=1S/C21H16F3N3O2S/c22-21(23,24)16-6-7-17-19(8-16)27(26-20(17)14-4-2-1-3-5-14)9-15(10-29-13-28)18-11-30-12-25-18/h1-8,11-13,15H,9-10H2. The highest BCUT2D eigenvalue weighted by Crippen LogP contribution is 2.35. The molecule has 0 amide bonds. The zero-order chi connectivity index (χ0) is 21.1. The summed E-state index contributed by atoms with van der Waals surface area (Å²) in [6, 6.07) is 12.9. The first kappa shape index (κ1) is 20.1. The fraction of sp³-hybridized carbons (Fsp3) is 0.190. The van der Waals surface area contributed by atoms with Crippen LogP contribution in [0.3, 0.4) is 0 Å². The van der Waals surface area contributed by atoms with E-state index >= 15 is 0 Å². The summed E-state index contributed by atoms with van der Waals surface area (Å²) in [6.07, 6.45) is -4.47. The number of fused-ring (bicyclic) bond motifs is 1. The van der Waals surface area contributed by atoms with E-state index in [1.807, 2.05) is 35.7 Å². The highest BCUT2D eigenvalue weighted by molar-refractivity contribution is 7.07. The van der Waals surface area contributed by atoms with Crippen LogP contribution in [-0.2, 0) is 22.3 Å². The summed E-state index contributed by atoms with van der Waals surface area (Å²) in [5.74, 6) is -0.345. The van der Waals surface area contributed by atoms with Crippen LogP contribution in [0.15, 0.2) is 59.4 Å². The molecular weight excluding hydrogens is 415 g/mol. The molecule has 0 aliphatic heterocycles. The van der Waals surface area contributed by atoms with Crippen LogP contribution in [0.5, 0.6) is 0 Å². The third kappa shape index (κ3) is 4.06. The minimum Gasteiger partial charge on any atom is -0.467 e. The molecule has 0 aliphatic carbocycles. The van der Waals surface area contributed by atoms with E-state index in [9.17, 15) is 18.0 Å². The molecule has 2 heterocycles. The first-order valence-corrected chi connectivity index (χ1v) is 9.98. The second-order valence-electron chi connectivity index (χ2n) is 6.67. The van der Waals surface area contributed by atoms with Crippen LogP contribution in [0.25, 0.3) is 22.2 Å². The minimum absolute atomic E-state index is 0.0498. The lowest BCUT2D eigenvalue weighted by molar-refractivity contribution is -0.137. The maximum Gasteiger partial charge on any atom is 0.416 e. The van der Waals surface area contributed by atoms with Crippen molar-refractivity contribution in [2.45, 2.75) is 18.6 Å². The van der Waals surface area contributed by atoms with E-state index in [-0.39, 0.29) is 19.1 Å². The summed E-state index contributed by atoms with van der Waals surface area (Å²) in [5.41, 5.74) is 3.35. The molecule has 0 fully saturated rings. The van der Waals surface area contributed by atoms with Crippen LogP contribution in [-0.4, -0.2) is 27.8 Å². The number of thiazole rings is 1. The molecule has 0 saturated heterocycles. The molecular formula is C21H16F3N3O2S. The van der Waals surface area contributed by atoms with Gasteiger partial charge in [-0.1, -0.05) is 30.3 Å². The van der Waals surface area contributed by atoms with Gasteiger partial charge in [0.1, 0.15) is 12.3 Å². The molecule has 5 nitrogen and oxygen atoms in total. The smallest absolute Gasteiger partial charge is 0.416 e. The number of carbonyl (C=O) groups is 1. The largest absolute Gasteiger partial charge is 0.467 e. The molecule has 2 aromatic carbocycles. The van der Waals surface area contributed by atoms with Crippen molar-refractivity contribution in [1.29, 1.82) is 0 Å². The Morgan fingerprint density at radius 1 is 1.17 bits per heavy atom. The van der Waals surface area contributed by atoms with E-state index < -0.39 is 11.7 Å². The lowest BCUT2D eigenvalue weighted by Gasteiger charge is -2.15. The molecule has 154 valence electrons. The van der Waals surface area contributed by atoms with E-state index in [0.29, 0.717) is 28.8 Å². The molecule has 0 aliphatic rings. The van der Waals surface area contributed by atoms with E-state index in [1.54, 1.807) is 5.51 Å². The highest BCUT2D eigenvalue weighted by atomic mass is 32.1. The molecule has 2 aromatic heterocycles. The van der Waals surface area contributed by atoms with Crippen molar-refractivity contribution in [3.05, 3.63) is 70.7 Å². The number of aromatic nitrogens is 3. The fourth-order valence-electron chi connectivity index (χ4n) is 3.32. The molecule has 0 spiro atoms. The SMILES string of the molecule is O=COCC(Cn1nc(-c2ccccc2)c2ccc(C(F)(F)F)cc21)c1cscn1. The molecule has 0 N–H and O–H groups in total. The van der Waals surface area contributed by atoms with Crippen molar-refractivity contribution in [1.82, 2.24) is 14.8 Å². The molecule has 1 atom stereocenters. The molecule has 0 saturated carbocycles. The van der Waals surface area contributed by atoms with Gasteiger partial charge in [-0.25, -0.2) is 4.98 Å². The second-order valence-corrected chi connectivity index (χ2v) is 7.38. The second kappa shape index (κ2) is 8.27. The summed E-state index contributed by atoms with van der Waals surface area (Å²) >= 11 is 1.39. The van der Waals surface area contributed by atoms with Crippen LogP contribution in [0.2, 0.25) is 0 Å². The molecule has 30 heavy (non-hydrogen) atoms. The summed E-state index contributed by atoms with van der Waals surface area (Å²) in [6.45, 7) is 0.605. The Balaban J connectivity index is 1.83. The highest BCUT2D eigenvalue weighted by Gasteiger charge is 2.31. The molecule has 4 rings (SSSR count). The number of rotatable bonds is 7. The average Bonchev–Trinajstić information content (AvgIpc) is 3.39. The maximum absolute atomic E-state index is 13.3. The Morgan fingerprint density at radius 3 is 2.63 bits per heavy atom. The van der Waals surface area contributed by atoms with E-state index in [1.165, 1.54) is 22.1 Å². The summed E-state index contributed by atoms with van der Waals surface area (Å²) in [5, 5.41) is 7.06. The monoisotopic (exact) mass is 431 g/mol. The normalized spacial score (nSPS) is 12.8. The molecule has 4 aromatic rings. The minimum atomic E-state index is -4.47. The van der Waals surface area contributed by atoms with Crippen molar-refractivity contribution >= 4 is 28.7 Å². The van der Waals surface area contributed by atoms with Gasteiger partial charge in [0.05, 0.1) is 34.7 Å². The van der Waals surface area contributed by atoms with Crippen LogP contribution in [0.1, 0.15) is 17.2 Å². The number of nitrogens with zero attached hydrogens (tertiary/aromatic N) is 3. The first-order valence-electron chi connectivity index (χ1n) is 9.04. The Hall–Kier alpha value is -3.20. The Bertz CT molecular complexity index is 1140. The van der Waals surface area contributed by atoms with Crippen molar-refractivity contribution in [3.8, 4) is 11.3 Å². The predicted octanol–water partition coefficient (Wildman–Crippen LogP) is 5.14. The van der Waals surface area contributed by atoms with E-state index in [0.717, 1.165) is 17.7 Å². The van der Waals surface area contributed by atoms with Gasteiger partial charge in [-0.05, 0) is 18.2 Å². The number of carbonyl (C=O) groups excluding carboxylic acids is 1. The van der Waals surface area contributed by atoms with Gasteiger partial charge in [-0.2, -0.15) is 18.3 Å². The topological polar surface area (TPSA) is 57.0 Å². The van der Waals surface area contributed by atoms with Gasteiger partial charge < -0.3 is 4.74 Å². The number of benzene rings is 2. The third-order valence-corrected chi connectivity index (χ3v) is 5.36. The number of halogens is 3. The maximum atomic E-state index is 13.3. The van der Waals surface area contributed by atoms with Gasteiger partial charge in [0.2, 0.25) is 0 Å². The third-order valence-electron chi connectivity index (χ3n) is 4.75. The molecule has 9 heteroatoms. The van der Waals surface area contributed by atoms with Crippen molar-refractivity contribution in [3.63, 3.8) is 0 Å². The van der Waals surface area contributed by atoms with Crippen molar-refractivity contribution in [2.24, 2.45) is 0 Å². The molecule has 1 unspecified atom stereocenters. The number of alkyl halides is 3. The van der Waals surface area contributed by atoms with Crippen LogP contribution < -0.4 is 0 Å².